The van der Waals surface area contributed by atoms with Gasteiger partial charge in [0.15, 0.2) is 11.0 Å². The van der Waals surface area contributed by atoms with E-state index in [2.05, 4.69) is 5.32 Å². The van der Waals surface area contributed by atoms with Crippen molar-refractivity contribution in [3.8, 4) is 16.2 Å². The van der Waals surface area contributed by atoms with Gasteiger partial charge in [-0.2, -0.15) is 0 Å². The van der Waals surface area contributed by atoms with Gasteiger partial charge in [0.25, 0.3) is 0 Å². The second-order valence-corrected chi connectivity index (χ2v) is 14.4. The van der Waals surface area contributed by atoms with Crippen molar-refractivity contribution in [2.75, 3.05) is 24.5 Å². The average Bonchev–Trinajstić information content (AvgIpc) is 3.36. The molecular formula is C33H40N2O7S2. The Hall–Kier alpha value is -3.41. The maximum Gasteiger partial charge on any atom is 0.349 e. The fourth-order valence-electron chi connectivity index (χ4n) is 6.35. The van der Waals surface area contributed by atoms with Crippen molar-refractivity contribution >= 4 is 39.0 Å². The SMILES string of the molecule is COC(=O)C(Oc1c(C(=O)O)sc(-c2cccc(N(C3CCNCC3)S(=O)(=O)Cc3ccccc3)c2)c1C)C1CCCCC1. The van der Waals surface area contributed by atoms with E-state index in [1.54, 1.807) is 23.4 Å². The van der Waals surface area contributed by atoms with Gasteiger partial charge in [-0.3, -0.25) is 4.31 Å². The fourth-order valence-corrected chi connectivity index (χ4v) is 9.28. The van der Waals surface area contributed by atoms with Crippen LogP contribution in [0.2, 0.25) is 0 Å². The molecule has 3 aromatic rings. The molecular weight excluding hydrogens is 601 g/mol. The normalized spacial score (nSPS) is 17.1. The molecule has 2 fully saturated rings. The first-order valence-electron chi connectivity index (χ1n) is 15.2. The van der Waals surface area contributed by atoms with Crippen LogP contribution in [-0.2, 0) is 25.3 Å². The van der Waals surface area contributed by atoms with Crippen LogP contribution in [0.15, 0.2) is 54.6 Å². The highest BCUT2D eigenvalue weighted by molar-refractivity contribution is 7.92. The average molecular weight is 641 g/mol. The molecule has 2 N–H and O–H groups in total. The van der Waals surface area contributed by atoms with Crippen molar-refractivity contribution in [2.45, 2.75) is 69.8 Å². The predicted molar refractivity (Wildman–Crippen MR) is 172 cm³/mol. The molecule has 11 heteroatoms. The highest BCUT2D eigenvalue weighted by Gasteiger charge is 2.36. The molecule has 5 rings (SSSR count). The van der Waals surface area contributed by atoms with Crippen LogP contribution in [0.5, 0.6) is 5.75 Å². The summed E-state index contributed by atoms with van der Waals surface area (Å²) in [6.45, 7) is 3.22. The van der Waals surface area contributed by atoms with Crippen LogP contribution in [0, 0.1) is 12.8 Å². The molecule has 0 spiro atoms. The number of thiophene rings is 1. The first-order valence-corrected chi connectivity index (χ1v) is 17.6. The number of carbonyl (C=O) groups is 2. The van der Waals surface area contributed by atoms with E-state index in [4.69, 9.17) is 9.47 Å². The van der Waals surface area contributed by atoms with Crippen molar-refractivity contribution in [3.05, 3.63) is 70.6 Å². The van der Waals surface area contributed by atoms with E-state index in [-0.39, 0.29) is 28.3 Å². The number of ether oxygens (including phenoxy) is 2. The zero-order valence-corrected chi connectivity index (χ0v) is 26.8. The predicted octanol–water partition coefficient (Wildman–Crippen LogP) is 6.01. The molecule has 1 atom stereocenters. The van der Waals surface area contributed by atoms with E-state index in [1.807, 2.05) is 42.5 Å². The smallest absolute Gasteiger partial charge is 0.349 e. The summed E-state index contributed by atoms with van der Waals surface area (Å²) in [7, 11) is -2.44. The molecule has 1 unspecified atom stereocenters. The van der Waals surface area contributed by atoms with E-state index in [9.17, 15) is 23.1 Å². The third-order valence-corrected chi connectivity index (χ3v) is 11.7. The zero-order chi connectivity index (χ0) is 31.3. The van der Waals surface area contributed by atoms with Gasteiger partial charge in [-0.1, -0.05) is 61.7 Å². The summed E-state index contributed by atoms with van der Waals surface area (Å²) in [5.41, 5.74) is 2.52. The van der Waals surface area contributed by atoms with E-state index >= 15 is 0 Å². The molecule has 1 aliphatic carbocycles. The minimum Gasteiger partial charge on any atom is -0.477 e. The molecule has 1 aliphatic heterocycles. The van der Waals surface area contributed by atoms with E-state index in [0.717, 1.165) is 56.5 Å². The number of hydrogen-bond acceptors (Lipinski definition) is 8. The number of carboxylic acid groups (broad SMARTS) is 1. The van der Waals surface area contributed by atoms with Gasteiger partial charge < -0.3 is 19.9 Å². The lowest BCUT2D eigenvalue weighted by molar-refractivity contribution is -0.152. The minimum absolute atomic E-state index is 0.000439. The van der Waals surface area contributed by atoms with Crippen LogP contribution in [0.4, 0.5) is 5.69 Å². The largest absolute Gasteiger partial charge is 0.477 e. The van der Waals surface area contributed by atoms with Crippen molar-refractivity contribution < 1.29 is 32.6 Å². The summed E-state index contributed by atoms with van der Waals surface area (Å²) in [6, 6.07) is 16.2. The number of carboxylic acids is 1. The number of sulfonamides is 1. The number of methoxy groups -OCH3 is 1. The van der Waals surface area contributed by atoms with Gasteiger partial charge in [-0.15, -0.1) is 11.3 Å². The Morgan fingerprint density at radius 3 is 2.39 bits per heavy atom. The van der Waals surface area contributed by atoms with Gasteiger partial charge in [0.2, 0.25) is 10.0 Å². The number of hydrogen-bond donors (Lipinski definition) is 2. The second-order valence-electron chi connectivity index (χ2n) is 11.5. The summed E-state index contributed by atoms with van der Waals surface area (Å²) in [6.07, 6.45) is 5.13. The molecule has 0 bridgehead atoms. The summed E-state index contributed by atoms with van der Waals surface area (Å²) in [4.78, 5) is 25.9. The minimum atomic E-state index is -3.76. The Kier molecular flexibility index (Phi) is 10.3. The summed E-state index contributed by atoms with van der Waals surface area (Å²) < 4.78 is 40.9. The molecule has 1 aromatic heterocycles. The number of nitrogens with one attached hydrogen (secondary N) is 1. The first kappa shape index (κ1) is 32.0. The lowest BCUT2D eigenvalue weighted by atomic mass is 9.85. The lowest BCUT2D eigenvalue weighted by Gasteiger charge is -2.35. The quantitative estimate of drug-likeness (QED) is 0.245. The third kappa shape index (κ3) is 7.11. The van der Waals surface area contributed by atoms with Gasteiger partial charge in [0.05, 0.1) is 18.6 Å². The van der Waals surface area contributed by atoms with Gasteiger partial charge >= 0.3 is 11.9 Å². The van der Waals surface area contributed by atoms with Crippen molar-refractivity contribution in [1.29, 1.82) is 0 Å². The molecule has 9 nitrogen and oxygen atoms in total. The van der Waals surface area contributed by atoms with E-state index in [0.29, 0.717) is 40.1 Å². The summed E-state index contributed by atoms with van der Waals surface area (Å²) >= 11 is 1.07. The number of esters is 1. The molecule has 2 aromatic carbocycles. The van der Waals surface area contributed by atoms with Crippen LogP contribution >= 0.6 is 11.3 Å². The van der Waals surface area contributed by atoms with Gasteiger partial charge in [0, 0.05) is 22.4 Å². The maximum absolute atomic E-state index is 14.0. The highest BCUT2D eigenvalue weighted by atomic mass is 32.2. The number of benzene rings is 2. The fraction of sp³-hybridized carbons (Fsp3) is 0.455. The van der Waals surface area contributed by atoms with Crippen LogP contribution in [0.1, 0.15) is 65.7 Å². The number of piperidine rings is 1. The Labute approximate surface area is 263 Å². The Morgan fingerprint density at radius 1 is 1.02 bits per heavy atom. The third-order valence-electron chi connectivity index (χ3n) is 8.54. The maximum atomic E-state index is 14.0. The number of anilines is 1. The van der Waals surface area contributed by atoms with Gasteiger partial charge in [0.1, 0.15) is 5.75 Å². The Balaban J connectivity index is 1.53. The second kappa shape index (κ2) is 14.1. The number of nitrogens with zero attached hydrogens (tertiary/aromatic N) is 1. The van der Waals surface area contributed by atoms with Gasteiger partial charge in [-0.25, -0.2) is 18.0 Å². The van der Waals surface area contributed by atoms with Crippen molar-refractivity contribution in [1.82, 2.24) is 5.32 Å². The molecule has 2 heterocycles. The number of carbonyl (C=O) groups excluding carboxylic acids is 1. The molecule has 0 radical (unpaired) electrons. The topological polar surface area (TPSA) is 122 Å². The lowest BCUT2D eigenvalue weighted by Crippen LogP contribution is -2.46. The Morgan fingerprint density at radius 2 is 1.73 bits per heavy atom. The van der Waals surface area contributed by atoms with Crippen LogP contribution < -0.4 is 14.4 Å². The zero-order valence-electron chi connectivity index (χ0n) is 25.2. The molecule has 2 aliphatic rings. The number of aromatic carboxylic acids is 1. The standard InChI is InChI=1S/C33H40N2O7S2/c1-22-28(42-29(33(38)41-2)24-12-7-4-8-13-24)31(32(36)37)43-30(22)25-14-9-15-27(20-25)35(26-16-18-34-19-17-26)44(39,40)21-23-10-5-3-6-11-23/h3,5-6,9-11,14-15,20,24,26,29,34H,4,7-8,12-13,16-19,21H2,1-2H3,(H,36,37). The molecule has 1 saturated heterocycles. The summed E-state index contributed by atoms with van der Waals surface area (Å²) in [5, 5.41) is 13.5. The van der Waals surface area contributed by atoms with Gasteiger partial charge in [-0.05, 0) is 69.0 Å². The van der Waals surface area contributed by atoms with Crippen molar-refractivity contribution in [3.63, 3.8) is 0 Å². The molecule has 1 saturated carbocycles. The van der Waals surface area contributed by atoms with Crippen LogP contribution in [-0.4, -0.2) is 57.8 Å². The molecule has 44 heavy (non-hydrogen) atoms. The molecule has 236 valence electrons. The number of rotatable bonds is 11. The molecule has 0 amide bonds. The van der Waals surface area contributed by atoms with E-state index in [1.165, 1.54) is 7.11 Å². The Bertz CT molecular complexity index is 1560. The van der Waals surface area contributed by atoms with Crippen LogP contribution in [0.3, 0.4) is 0 Å². The van der Waals surface area contributed by atoms with E-state index < -0.39 is 28.1 Å². The van der Waals surface area contributed by atoms with Crippen molar-refractivity contribution in [2.24, 2.45) is 5.92 Å². The summed E-state index contributed by atoms with van der Waals surface area (Å²) in [5.74, 6) is -1.68. The highest BCUT2D eigenvalue weighted by Crippen LogP contribution is 2.44. The monoisotopic (exact) mass is 640 g/mol. The first-order chi connectivity index (χ1) is 21.2. The van der Waals surface area contributed by atoms with Crippen LogP contribution in [0.25, 0.3) is 10.4 Å².